The summed E-state index contributed by atoms with van der Waals surface area (Å²) in [6.07, 6.45) is 4.86. The molecule has 3 aliphatic rings. The van der Waals surface area contributed by atoms with E-state index in [9.17, 15) is 9.59 Å². The number of carbonyl (C=O) groups is 2. The monoisotopic (exact) mass is 431 g/mol. The van der Waals surface area contributed by atoms with Crippen LogP contribution in [0.4, 0.5) is 0 Å². The van der Waals surface area contributed by atoms with Gasteiger partial charge < -0.3 is 15.1 Å². The first kappa shape index (κ1) is 20.7. The molecule has 1 aromatic rings. The van der Waals surface area contributed by atoms with E-state index in [1.165, 1.54) is 6.42 Å². The van der Waals surface area contributed by atoms with Crippen LogP contribution in [0.5, 0.6) is 0 Å². The second-order valence-corrected chi connectivity index (χ2v) is 8.34. The van der Waals surface area contributed by atoms with Gasteiger partial charge in [0.25, 0.3) is 5.91 Å². The number of hydrogen-bond donors (Lipinski definition) is 1. The molecular weight excluding hydrogens is 409 g/mol. The smallest absolute Gasteiger partial charge is 0.256 e. The molecule has 3 saturated heterocycles. The van der Waals surface area contributed by atoms with Crippen molar-refractivity contribution in [1.29, 1.82) is 0 Å². The summed E-state index contributed by atoms with van der Waals surface area (Å²) in [5, 5.41) is 4.43. The van der Waals surface area contributed by atoms with Crippen molar-refractivity contribution in [1.82, 2.24) is 15.1 Å². The van der Waals surface area contributed by atoms with Gasteiger partial charge in [-0.1, -0.05) is 23.2 Å². The number of rotatable bonds is 2. The number of fused-ring (bicyclic) bond motifs is 2. The number of halogens is 3. The molecular formula is C19H24Cl3N3O2. The molecule has 0 aromatic heterocycles. The molecule has 3 fully saturated rings. The molecule has 8 heteroatoms. The van der Waals surface area contributed by atoms with Crippen molar-refractivity contribution in [2.45, 2.75) is 50.2 Å². The van der Waals surface area contributed by atoms with Crippen LogP contribution in [-0.4, -0.2) is 59.4 Å². The van der Waals surface area contributed by atoms with Crippen molar-refractivity contribution >= 4 is 47.4 Å². The Kier molecular flexibility index (Phi) is 6.57. The van der Waals surface area contributed by atoms with Crippen LogP contribution in [0.25, 0.3) is 0 Å². The molecule has 5 nitrogen and oxygen atoms in total. The zero-order chi connectivity index (χ0) is 18.3. The van der Waals surface area contributed by atoms with Crippen molar-refractivity contribution in [3.63, 3.8) is 0 Å². The van der Waals surface area contributed by atoms with Gasteiger partial charge in [0.2, 0.25) is 5.91 Å². The maximum absolute atomic E-state index is 13.2. The first-order chi connectivity index (χ1) is 12.5. The quantitative estimate of drug-likeness (QED) is 0.779. The lowest BCUT2D eigenvalue weighted by Gasteiger charge is -2.31. The Labute approximate surface area is 175 Å². The van der Waals surface area contributed by atoms with E-state index in [2.05, 4.69) is 5.32 Å². The SMILES string of the molecule is Cl.O=C(C1CCCN1C(=O)c1cc(Cl)ccc1Cl)N1CCC2CCC(C1)N2. The first-order valence-electron chi connectivity index (χ1n) is 9.34. The fourth-order valence-corrected chi connectivity index (χ4v) is 4.81. The van der Waals surface area contributed by atoms with Crippen molar-refractivity contribution in [2.75, 3.05) is 19.6 Å². The summed E-state index contributed by atoms with van der Waals surface area (Å²) in [5.74, 6) is -0.133. The second kappa shape index (κ2) is 8.56. The molecule has 2 bridgehead atoms. The van der Waals surface area contributed by atoms with Gasteiger partial charge in [-0.05, 0) is 50.3 Å². The third-order valence-electron chi connectivity index (χ3n) is 5.79. The average molecular weight is 433 g/mol. The molecule has 3 atom stereocenters. The first-order valence-corrected chi connectivity index (χ1v) is 10.1. The summed E-state index contributed by atoms with van der Waals surface area (Å²) in [5.41, 5.74) is 0.371. The number of hydrogen-bond acceptors (Lipinski definition) is 3. The van der Waals surface area contributed by atoms with Crippen LogP contribution in [0.1, 0.15) is 42.5 Å². The zero-order valence-corrected chi connectivity index (χ0v) is 17.3. The highest BCUT2D eigenvalue weighted by Crippen LogP contribution is 2.28. The van der Waals surface area contributed by atoms with Gasteiger partial charge in [-0.15, -0.1) is 12.4 Å². The van der Waals surface area contributed by atoms with Crippen molar-refractivity contribution in [3.05, 3.63) is 33.8 Å². The summed E-state index contributed by atoms with van der Waals surface area (Å²) >= 11 is 12.2. The summed E-state index contributed by atoms with van der Waals surface area (Å²) in [6, 6.07) is 5.40. The molecule has 0 radical (unpaired) electrons. The maximum Gasteiger partial charge on any atom is 0.256 e. The fourth-order valence-electron chi connectivity index (χ4n) is 4.44. The third kappa shape index (κ3) is 4.21. The number of carbonyl (C=O) groups excluding carboxylic acids is 2. The molecule has 148 valence electrons. The van der Waals surface area contributed by atoms with Crippen LogP contribution in [0.15, 0.2) is 18.2 Å². The second-order valence-electron chi connectivity index (χ2n) is 7.49. The Morgan fingerprint density at radius 1 is 1.04 bits per heavy atom. The largest absolute Gasteiger partial charge is 0.339 e. The molecule has 0 aliphatic carbocycles. The van der Waals surface area contributed by atoms with Gasteiger partial charge >= 0.3 is 0 Å². The average Bonchev–Trinajstić information content (AvgIpc) is 3.22. The van der Waals surface area contributed by atoms with Crippen LogP contribution in [0, 0.1) is 0 Å². The van der Waals surface area contributed by atoms with E-state index in [-0.39, 0.29) is 24.2 Å². The van der Waals surface area contributed by atoms with Gasteiger partial charge in [-0.25, -0.2) is 0 Å². The number of likely N-dealkylation sites (tertiary alicyclic amines) is 2. The standard InChI is InChI=1S/C19H23Cl2N3O2.ClH/c20-12-3-6-16(21)15(10-12)18(25)24-8-1-2-17(24)19(26)23-9-7-13-4-5-14(11-23)22-13;/h3,6,10,13-14,17,22H,1-2,4-5,7-9,11H2;1H. The van der Waals surface area contributed by atoms with Gasteiger partial charge in [-0.2, -0.15) is 0 Å². The topological polar surface area (TPSA) is 52.7 Å². The lowest BCUT2D eigenvalue weighted by Crippen LogP contribution is -2.50. The maximum atomic E-state index is 13.2. The predicted octanol–water partition coefficient (Wildman–Crippen LogP) is 3.37. The minimum Gasteiger partial charge on any atom is -0.339 e. The Bertz CT molecular complexity index is 730. The van der Waals surface area contributed by atoms with Crippen LogP contribution in [0.3, 0.4) is 0 Å². The summed E-state index contributed by atoms with van der Waals surface area (Å²) in [4.78, 5) is 29.8. The number of amides is 2. The summed E-state index contributed by atoms with van der Waals surface area (Å²) < 4.78 is 0. The molecule has 1 aromatic carbocycles. The highest BCUT2D eigenvalue weighted by Gasteiger charge is 2.39. The van der Waals surface area contributed by atoms with Crippen LogP contribution in [0.2, 0.25) is 10.0 Å². The lowest BCUT2D eigenvalue weighted by molar-refractivity contribution is -0.135. The Hall–Kier alpha value is -1.01. The van der Waals surface area contributed by atoms with E-state index < -0.39 is 6.04 Å². The van der Waals surface area contributed by atoms with E-state index in [4.69, 9.17) is 23.2 Å². The van der Waals surface area contributed by atoms with E-state index in [1.807, 2.05) is 4.90 Å². The van der Waals surface area contributed by atoms with E-state index in [0.717, 1.165) is 32.4 Å². The highest BCUT2D eigenvalue weighted by atomic mass is 35.5. The van der Waals surface area contributed by atoms with E-state index >= 15 is 0 Å². The lowest BCUT2D eigenvalue weighted by atomic mass is 10.1. The van der Waals surface area contributed by atoms with Crippen LogP contribution in [-0.2, 0) is 4.79 Å². The van der Waals surface area contributed by atoms with Crippen molar-refractivity contribution < 1.29 is 9.59 Å². The zero-order valence-electron chi connectivity index (χ0n) is 15.0. The summed E-state index contributed by atoms with van der Waals surface area (Å²) in [7, 11) is 0. The highest BCUT2D eigenvalue weighted by molar-refractivity contribution is 6.35. The van der Waals surface area contributed by atoms with Gasteiger partial charge in [0.05, 0.1) is 10.6 Å². The molecule has 2 amide bonds. The fraction of sp³-hybridized carbons (Fsp3) is 0.579. The number of nitrogens with one attached hydrogen (secondary N) is 1. The Morgan fingerprint density at radius 2 is 1.81 bits per heavy atom. The number of nitrogens with zero attached hydrogens (tertiary/aromatic N) is 2. The van der Waals surface area contributed by atoms with Crippen LogP contribution < -0.4 is 5.32 Å². The molecule has 1 N–H and O–H groups in total. The van der Waals surface area contributed by atoms with Crippen molar-refractivity contribution in [2.24, 2.45) is 0 Å². The van der Waals surface area contributed by atoms with E-state index in [0.29, 0.717) is 40.7 Å². The molecule has 3 aliphatic heterocycles. The molecule has 0 spiro atoms. The van der Waals surface area contributed by atoms with Gasteiger partial charge in [-0.3, -0.25) is 9.59 Å². The Balaban J connectivity index is 0.00000210. The molecule has 27 heavy (non-hydrogen) atoms. The minimum absolute atomic E-state index is 0. The molecule has 3 heterocycles. The van der Waals surface area contributed by atoms with Gasteiger partial charge in [0, 0.05) is 36.7 Å². The van der Waals surface area contributed by atoms with Crippen molar-refractivity contribution in [3.8, 4) is 0 Å². The Morgan fingerprint density at radius 3 is 2.63 bits per heavy atom. The molecule has 3 unspecified atom stereocenters. The normalized spacial score (nSPS) is 27.3. The molecule has 0 saturated carbocycles. The van der Waals surface area contributed by atoms with E-state index in [1.54, 1.807) is 23.1 Å². The predicted molar refractivity (Wildman–Crippen MR) is 109 cm³/mol. The summed E-state index contributed by atoms with van der Waals surface area (Å²) in [6.45, 7) is 2.09. The molecule has 4 rings (SSSR count). The van der Waals surface area contributed by atoms with Gasteiger partial charge in [0.1, 0.15) is 6.04 Å². The van der Waals surface area contributed by atoms with Crippen LogP contribution >= 0.6 is 35.6 Å². The van der Waals surface area contributed by atoms with Gasteiger partial charge in [0.15, 0.2) is 0 Å². The third-order valence-corrected chi connectivity index (χ3v) is 6.36. The minimum atomic E-state index is -0.394. The number of benzene rings is 1.